The molecule has 1 aliphatic rings. The van der Waals surface area contributed by atoms with E-state index in [4.69, 9.17) is 11.6 Å². The highest BCUT2D eigenvalue weighted by Gasteiger charge is 2.27. The van der Waals surface area contributed by atoms with Gasteiger partial charge in [-0.05, 0) is 36.4 Å². The van der Waals surface area contributed by atoms with E-state index < -0.39 is 10.0 Å². The highest BCUT2D eigenvalue weighted by atomic mass is 35.5. The molecule has 2 aromatic rings. The molecule has 0 aliphatic carbocycles. The molecule has 1 N–H and O–H groups in total. The zero-order valence-corrected chi connectivity index (χ0v) is 16.1. The van der Waals surface area contributed by atoms with Gasteiger partial charge in [0.1, 0.15) is 0 Å². The maximum Gasteiger partial charge on any atom is 0.261 e. The normalized spacial score (nSPS) is 17.1. The molecular weight excluding hydrogens is 380 g/mol. The number of halogens is 1. The summed E-state index contributed by atoms with van der Waals surface area (Å²) in [5, 5.41) is 0.697. The molecule has 8 heteroatoms. The molecular formula is C17H17ClN2O3S2. The molecule has 1 unspecified atom stereocenters. The third kappa shape index (κ3) is 3.94. The Morgan fingerprint density at radius 1 is 1.28 bits per heavy atom. The summed E-state index contributed by atoms with van der Waals surface area (Å²) >= 11 is 7.53. The number of sulfonamides is 1. The molecule has 5 nitrogen and oxygen atoms in total. The van der Waals surface area contributed by atoms with Gasteiger partial charge in [-0.25, -0.2) is 8.42 Å². The average molecular weight is 397 g/mol. The Morgan fingerprint density at radius 2 is 2.04 bits per heavy atom. The van der Waals surface area contributed by atoms with Crippen LogP contribution in [-0.2, 0) is 14.8 Å². The van der Waals surface area contributed by atoms with E-state index in [9.17, 15) is 13.2 Å². The number of hydrogen-bond donors (Lipinski definition) is 1. The minimum atomic E-state index is -3.78. The number of rotatable bonds is 3. The van der Waals surface area contributed by atoms with Gasteiger partial charge >= 0.3 is 0 Å². The summed E-state index contributed by atoms with van der Waals surface area (Å²) in [6.07, 6.45) is 0. The van der Waals surface area contributed by atoms with Gasteiger partial charge in [-0.2, -0.15) is 0 Å². The quantitative estimate of drug-likeness (QED) is 0.851. The zero-order chi connectivity index (χ0) is 18.2. The van der Waals surface area contributed by atoms with Crippen LogP contribution in [0.3, 0.4) is 0 Å². The maximum absolute atomic E-state index is 12.7. The van der Waals surface area contributed by atoms with Gasteiger partial charge in [-0.3, -0.25) is 9.52 Å². The number of thioether (sulfide) groups is 1. The molecule has 132 valence electrons. The van der Waals surface area contributed by atoms with E-state index in [-0.39, 0.29) is 16.1 Å². The third-order valence-electron chi connectivity index (χ3n) is 3.76. The summed E-state index contributed by atoms with van der Waals surface area (Å²) in [6.45, 7) is 4.07. The van der Waals surface area contributed by atoms with Gasteiger partial charge in [0.2, 0.25) is 5.91 Å². The van der Waals surface area contributed by atoms with Crippen LogP contribution in [0.4, 0.5) is 11.4 Å². The Balaban J connectivity index is 1.98. The molecule has 3 rings (SSSR count). The van der Waals surface area contributed by atoms with Crippen molar-refractivity contribution in [3.8, 4) is 0 Å². The first kappa shape index (κ1) is 18.1. The summed E-state index contributed by atoms with van der Waals surface area (Å²) in [5.41, 5.74) is 1.02. The Kier molecular flexibility index (Phi) is 4.99. The molecule has 2 aromatic carbocycles. The van der Waals surface area contributed by atoms with Crippen molar-refractivity contribution in [1.82, 2.24) is 0 Å². The van der Waals surface area contributed by atoms with Crippen molar-refractivity contribution in [1.29, 1.82) is 0 Å². The highest BCUT2D eigenvalue weighted by molar-refractivity contribution is 8.00. The standard InChI is InChI=1S/C17H17ClN2O3S2/c1-11-10-20(12(2)21)16-9-15(6-7-17(16)24-11)25(22,23)19-14-5-3-4-13(18)8-14/h3-9,11,19H,10H2,1-2H3. The van der Waals surface area contributed by atoms with Gasteiger partial charge < -0.3 is 4.90 Å². The first-order valence-electron chi connectivity index (χ1n) is 7.63. The molecule has 0 saturated carbocycles. The van der Waals surface area contributed by atoms with Gasteiger partial charge in [0.05, 0.1) is 16.3 Å². The van der Waals surface area contributed by atoms with Crippen LogP contribution in [0.1, 0.15) is 13.8 Å². The summed E-state index contributed by atoms with van der Waals surface area (Å²) < 4.78 is 27.9. The van der Waals surface area contributed by atoms with Crippen molar-refractivity contribution in [2.45, 2.75) is 28.9 Å². The molecule has 0 fully saturated rings. The Morgan fingerprint density at radius 3 is 2.72 bits per heavy atom. The van der Waals surface area contributed by atoms with E-state index in [1.54, 1.807) is 53.1 Å². The second-order valence-corrected chi connectivity index (χ2v) is 9.40. The largest absolute Gasteiger partial charge is 0.310 e. The van der Waals surface area contributed by atoms with Crippen LogP contribution in [0, 0.1) is 0 Å². The van der Waals surface area contributed by atoms with Crippen LogP contribution in [0.15, 0.2) is 52.3 Å². The number of amides is 1. The van der Waals surface area contributed by atoms with Gasteiger partial charge in [0, 0.05) is 28.6 Å². The maximum atomic E-state index is 12.7. The number of benzene rings is 2. The fourth-order valence-corrected chi connectivity index (χ4v) is 5.00. The summed E-state index contributed by atoms with van der Waals surface area (Å²) in [6, 6.07) is 11.3. The lowest BCUT2D eigenvalue weighted by atomic mass is 10.2. The van der Waals surface area contributed by atoms with Crippen molar-refractivity contribution < 1.29 is 13.2 Å². The van der Waals surface area contributed by atoms with Crippen LogP contribution in [-0.4, -0.2) is 26.1 Å². The fraction of sp³-hybridized carbons (Fsp3) is 0.235. The van der Waals surface area contributed by atoms with Crippen LogP contribution in [0.2, 0.25) is 5.02 Å². The van der Waals surface area contributed by atoms with Crippen LogP contribution in [0.25, 0.3) is 0 Å². The third-order valence-corrected chi connectivity index (χ3v) is 6.52. The van der Waals surface area contributed by atoms with Gasteiger partial charge in [0.15, 0.2) is 0 Å². The minimum Gasteiger partial charge on any atom is -0.310 e. The minimum absolute atomic E-state index is 0.104. The number of nitrogens with one attached hydrogen (secondary N) is 1. The molecule has 0 radical (unpaired) electrons. The van der Waals surface area contributed by atoms with Crippen LogP contribution in [0.5, 0.6) is 0 Å². The second kappa shape index (κ2) is 6.90. The van der Waals surface area contributed by atoms with E-state index in [1.807, 2.05) is 6.92 Å². The van der Waals surface area contributed by atoms with E-state index in [2.05, 4.69) is 4.72 Å². The molecule has 0 aromatic heterocycles. The van der Waals surface area contributed by atoms with Gasteiger partial charge in [-0.1, -0.05) is 24.6 Å². The lowest BCUT2D eigenvalue weighted by Crippen LogP contribution is -2.37. The Labute approximate surface area is 156 Å². The van der Waals surface area contributed by atoms with Gasteiger partial charge in [0.25, 0.3) is 10.0 Å². The molecule has 0 bridgehead atoms. The predicted octanol–water partition coefficient (Wildman–Crippen LogP) is 3.99. The number of nitrogens with zero attached hydrogens (tertiary/aromatic N) is 1. The molecule has 1 aliphatic heterocycles. The number of fused-ring (bicyclic) bond motifs is 1. The molecule has 1 heterocycles. The predicted molar refractivity (Wildman–Crippen MR) is 102 cm³/mol. The lowest BCUT2D eigenvalue weighted by molar-refractivity contribution is -0.116. The molecule has 25 heavy (non-hydrogen) atoms. The second-order valence-electron chi connectivity index (χ2n) is 5.80. The monoisotopic (exact) mass is 396 g/mol. The number of carbonyl (C=O) groups excluding carboxylic acids is 1. The SMILES string of the molecule is CC(=O)N1CC(C)Sc2ccc(S(=O)(=O)Nc3cccc(Cl)c3)cc21. The number of hydrogen-bond acceptors (Lipinski definition) is 4. The molecule has 0 saturated heterocycles. The van der Waals surface area contributed by atoms with Crippen LogP contribution >= 0.6 is 23.4 Å². The first-order valence-corrected chi connectivity index (χ1v) is 10.4. The van der Waals surface area contributed by atoms with Crippen molar-refractivity contribution in [2.24, 2.45) is 0 Å². The highest BCUT2D eigenvalue weighted by Crippen LogP contribution is 2.39. The van der Waals surface area contributed by atoms with E-state index >= 15 is 0 Å². The van der Waals surface area contributed by atoms with Crippen molar-refractivity contribution >= 4 is 50.7 Å². The number of anilines is 2. The van der Waals surface area contributed by atoms with Gasteiger partial charge in [-0.15, -0.1) is 11.8 Å². The average Bonchev–Trinajstić information content (AvgIpc) is 2.53. The van der Waals surface area contributed by atoms with Crippen LogP contribution < -0.4 is 9.62 Å². The van der Waals surface area contributed by atoms with E-state index in [0.29, 0.717) is 22.9 Å². The Hall–Kier alpha value is -1.70. The van der Waals surface area contributed by atoms with Crippen molar-refractivity contribution in [3.05, 3.63) is 47.5 Å². The molecule has 1 amide bonds. The van der Waals surface area contributed by atoms with E-state index in [1.165, 1.54) is 13.0 Å². The first-order chi connectivity index (χ1) is 11.8. The summed E-state index contributed by atoms with van der Waals surface area (Å²) in [4.78, 5) is 14.6. The fourth-order valence-electron chi connectivity index (χ4n) is 2.65. The smallest absolute Gasteiger partial charge is 0.261 e. The number of carbonyl (C=O) groups is 1. The Bertz CT molecular complexity index is 931. The molecule has 1 atom stereocenters. The van der Waals surface area contributed by atoms with Crippen molar-refractivity contribution in [2.75, 3.05) is 16.2 Å². The van der Waals surface area contributed by atoms with E-state index in [0.717, 1.165) is 4.90 Å². The molecule has 0 spiro atoms. The van der Waals surface area contributed by atoms with Crippen molar-refractivity contribution in [3.63, 3.8) is 0 Å². The zero-order valence-electron chi connectivity index (χ0n) is 13.7. The summed E-state index contributed by atoms with van der Waals surface area (Å²) in [5.74, 6) is -0.106. The summed E-state index contributed by atoms with van der Waals surface area (Å²) in [7, 11) is -3.78. The lowest BCUT2D eigenvalue weighted by Gasteiger charge is -2.32. The topological polar surface area (TPSA) is 66.5 Å².